The fraction of sp³-hybridized carbons (Fsp3) is 0.571. The number of nitrogens with one attached hydrogen (secondary N) is 1. The van der Waals surface area contributed by atoms with Crippen LogP contribution >= 0.6 is 0 Å². The first kappa shape index (κ1) is 11.5. The molecule has 1 aliphatic heterocycles. The summed E-state index contributed by atoms with van der Waals surface area (Å²) >= 11 is 0. The third-order valence-corrected chi connectivity index (χ3v) is 3.53. The molecule has 1 N–H and O–H groups in total. The Morgan fingerprint density at radius 2 is 2.00 bits per heavy atom. The molecule has 1 aliphatic rings. The summed E-state index contributed by atoms with van der Waals surface area (Å²) in [7, 11) is 1.71. The molecule has 16 heavy (non-hydrogen) atoms. The highest BCUT2D eigenvalue weighted by atomic mass is 16.5. The van der Waals surface area contributed by atoms with Crippen LogP contribution in [0.4, 0.5) is 0 Å². The van der Waals surface area contributed by atoms with Crippen LogP contribution in [0.2, 0.25) is 0 Å². The van der Waals surface area contributed by atoms with E-state index in [4.69, 9.17) is 4.74 Å². The Labute approximate surface area is 98.0 Å². The van der Waals surface area contributed by atoms with Crippen LogP contribution < -0.4 is 10.1 Å². The van der Waals surface area contributed by atoms with E-state index >= 15 is 0 Å². The van der Waals surface area contributed by atoms with E-state index in [1.54, 1.807) is 7.11 Å². The van der Waals surface area contributed by atoms with Gasteiger partial charge < -0.3 is 10.1 Å². The second-order valence-electron chi connectivity index (χ2n) is 4.73. The van der Waals surface area contributed by atoms with Crippen molar-refractivity contribution in [2.45, 2.75) is 38.1 Å². The highest BCUT2D eigenvalue weighted by Crippen LogP contribution is 2.29. The van der Waals surface area contributed by atoms with E-state index in [2.05, 4.69) is 24.4 Å². The third kappa shape index (κ3) is 2.38. The van der Waals surface area contributed by atoms with Gasteiger partial charge >= 0.3 is 0 Å². The average molecular weight is 219 g/mol. The van der Waals surface area contributed by atoms with Crippen molar-refractivity contribution >= 4 is 0 Å². The maximum Gasteiger partial charge on any atom is 0.118 e. The standard InChI is InChI=1S/C14H21NO/c1-3-8-14(9-10-15-14)11-12-4-6-13(16-2)7-5-12/h4-7,15H,3,8-11H2,1-2H3. The van der Waals surface area contributed by atoms with Gasteiger partial charge in [-0.3, -0.25) is 0 Å². The Bertz CT molecular complexity index is 327. The lowest BCUT2D eigenvalue weighted by molar-refractivity contribution is 0.188. The first-order valence-corrected chi connectivity index (χ1v) is 6.16. The molecule has 0 aliphatic carbocycles. The van der Waals surface area contributed by atoms with Crippen molar-refractivity contribution in [3.05, 3.63) is 29.8 Å². The number of ether oxygens (including phenoxy) is 1. The van der Waals surface area contributed by atoms with E-state index in [9.17, 15) is 0 Å². The number of benzene rings is 1. The van der Waals surface area contributed by atoms with Crippen LogP contribution in [0.3, 0.4) is 0 Å². The summed E-state index contributed by atoms with van der Waals surface area (Å²) in [6.45, 7) is 3.44. The van der Waals surface area contributed by atoms with E-state index in [0.717, 1.165) is 12.2 Å². The van der Waals surface area contributed by atoms with Gasteiger partial charge in [-0.1, -0.05) is 25.5 Å². The van der Waals surface area contributed by atoms with Gasteiger partial charge in [0.05, 0.1) is 7.11 Å². The number of methoxy groups -OCH3 is 1. The predicted octanol–water partition coefficient (Wildman–Crippen LogP) is 2.77. The van der Waals surface area contributed by atoms with Gasteiger partial charge in [0.2, 0.25) is 0 Å². The second-order valence-corrected chi connectivity index (χ2v) is 4.73. The lowest BCUT2D eigenvalue weighted by atomic mass is 9.78. The maximum absolute atomic E-state index is 5.17. The molecule has 0 spiro atoms. The zero-order chi connectivity index (χ0) is 11.4. The largest absolute Gasteiger partial charge is 0.497 e. The van der Waals surface area contributed by atoms with Crippen LogP contribution in [-0.2, 0) is 6.42 Å². The molecule has 0 radical (unpaired) electrons. The molecule has 0 bridgehead atoms. The molecule has 1 atom stereocenters. The smallest absolute Gasteiger partial charge is 0.118 e. The second kappa shape index (κ2) is 4.88. The lowest BCUT2D eigenvalue weighted by Gasteiger charge is -2.44. The molecule has 2 heteroatoms. The molecule has 1 unspecified atom stereocenters. The minimum atomic E-state index is 0.378. The lowest BCUT2D eigenvalue weighted by Crippen LogP contribution is -2.58. The molecule has 0 aromatic heterocycles. The van der Waals surface area contributed by atoms with Gasteiger partial charge in [0.15, 0.2) is 0 Å². The summed E-state index contributed by atoms with van der Waals surface area (Å²) in [5, 5.41) is 3.61. The van der Waals surface area contributed by atoms with Crippen LogP contribution in [0.1, 0.15) is 31.7 Å². The number of hydrogen-bond donors (Lipinski definition) is 1. The number of hydrogen-bond acceptors (Lipinski definition) is 2. The fourth-order valence-electron chi connectivity index (χ4n) is 2.54. The van der Waals surface area contributed by atoms with Crippen molar-refractivity contribution in [1.29, 1.82) is 0 Å². The third-order valence-electron chi connectivity index (χ3n) is 3.53. The minimum absolute atomic E-state index is 0.378. The summed E-state index contributed by atoms with van der Waals surface area (Å²) in [4.78, 5) is 0. The Morgan fingerprint density at radius 1 is 1.31 bits per heavy atom. The summed E-state index contributed by atoms with van der Waals surface area (Å²) in [6.07, 6.45) is 4.99. The summed E-state index contributed by atoms with van der Waals surface area (Å²) in [6, 6.07) is 8.45. The van der Waals surface area contributed by atoms with Gasteiger partial charge in [0.1, 0.15) is 5.75 Å². The molecule has 1 aromatic rings. The van der Waals surface area contributed by atoms with Crippen LogP contribution in [0, 0.1) is 0 Å². The first-order valence-electron chi connectivity index (χ1n) is 6.16. The quantitative estimate of drug-likeness (QED) is 0.822. The molecule has 1 saturated heterocycles. The molecule has 1 fully saturated rings. The SMILES string of the molecule is CCCC1(Cc2ccc(OC)cc2)CCN1. The molecule has 88 valence electrons. The molecule has 2 nitrogen and oxygen atoms in total. The number of rotatable bonds is 5. The van der Waals surface area contributed by atoms with Gasteiger partial charge in [-0.05, 0) is 43.5 Å². The Hall–Kier alpha value is -1.02. The van der Waals surface area contributed by atoms with Gasteiger partial charge in [-0.15, -0.1) is 0 Å². The molecule has 0 amide bonds. The molecule has 0 saturated carbocycles. The normalized spacial score (nSPS) is 23.9. The summed E-state index contributed by atoms with van der Waals surface area (Å²) in [5.41, 5.74) is 1.78. The monoisotopic (exact) mass is 219 g/mol. The Kier molecular flexibility index (Phi) is 3.49. The topological polar surface area (TPSA) is 21.3 Å². The fourth-order valence-corrected chi connectivity index (χ4v) is 2.54. The maximum atomic E-state index is 5.17. The summed E-state index contributed by atoms with van der Waals surface area (Å²) in [5.74, 6) is 0.940. The van der Waals surface area contributed by atoms with E-state index in [1.165, 1.54) is 31.4 Å². The van der Waals surface area contributed by atoms with Crippen molar-refractivity contribution in [2.24, 2.45) is 0 Å². The zero-order valence-corrected chi connectivity index (χ0v) is 10.3. The van der Waals surface area contributed by atoms with E-state index < -0.39 is 0 Å². The van der Waals surface area contributed by atoms with Crippen LogP contribution in [0.15, 0.2) is 24.3 Å². The van der Waals surface area contributed by atoms with Crippen molar-refractivity contribution in [1.82, 2.24) is 5.32 Å². The average Bonchev–Trinajstić information content (AvgIpc) is 2.27. The van der Waals surface area contributed by atoms with E-state index in [0.29, 0.717) is 5.54 Å². The molecular weight excluding hydrogens is 198 g/mol. The minimum Gasteiger partial charge on any atom is -0.497 e. The zero-order valence-electron chi connectivity index (χ0n) is 10.3. The van der Waals surface area contributed by atoms with Crippen LogP contribution in [0.5, 0.6) is 5.75 Å². The van der Waals surface area contributed by atoms with Gasteiger partial charge in [0.25, 0.3) is 0 Å². The molecule has 1 aromatic carbocycles. The van der Waals surface area contributed by atoms with Gasteiger partial charge in [-0.2, -0.15) is 0 Å². The molecular formula is C14H21NO. The molecule has 2 rings (SSSR count). The van der Waals surface area contributed by atoms with Crippen LogP contribution in [0.25, 0.3) is 0 Å². The van der Waals surface area contributed by atoms with Crippen molar-refractivity contribution in [3.63, 3.8) is 0 Å². The molecule has 1 heterocycles. The van der Waals surface area contributed by atoms with Crippen molar-refractivity contribution < 1.29 is 4.74 Å². The van der Waals surface area contributed by atoms with Crippen molar-refractivity contribution in [2.75, 3.05) is 13.7 Å². The van der Waals surface area contributed by atoms with Gasteiger partial charge in [-0.25, -0.2) is 0 Å². The summed E-state index contributed by atoms with van der Waals surface area (Å²) < 4.78 is 5.17. The highest BCUT2D eigenvalue weighted by molar-refractivity contribution is 5.28. The Morgan fingerprint density at radius 3 is 2.44 bits per heavy atom. The Balaban J connectivity index is 2.01. The highest BCUT2D eigenvalue weighted by Gasteiger charge is 2.35. The van der Waals surface area contributed by atoms with Gasteiger partial charge in [0, 0.05) is 5.54 Å². The predicted molar refractivity (Wildman–Crippen MR) is 67.0 cm³/mol. The van der Waals surface area contributed by atoms with E-state index in [-0.39, 0.29) is 0 Å². The first-order chi connectivity index (χ1) is 7.78. The van der Waals surface area contributed by atoms with Crippen LogP contribution in [-0.4, -0.2) is 19.2 Å². The van der Waals surface area contributed by atoms with Crippen molar-refractivity contribution in [3.8, 4) is 5.75 Å². The van der Waals surface area contributed by atoms with E-state index in [1.807, 2.05) is 12.1 Å².